The number of carboxylic acid groups (broad SMARTS) is 1. The van der Waals surface area contributed by atoms with Crippen molar-refractivity contribution in [3.63, 3.8) is 0 Å². The van der Waals surface area contributed by atoms with E-state index >= 15 is 0 Å². The Labute approximate surface area is 172 Å². The van der Waals surface area contributed by atoms with Crippen LogP contribution in [0.5, 0.6) is 11.5 Å². The standard InChI is InChI=1S/C21H20N2O5S/c1-13-5-3-4-6-15(13)22-21-23-20(26)18(29-21)12-14-7-8-16(17(11-14)27-2)28-10-9-19(24)25/h3-8,11-12H,9-10H2,1-2H3,(H,24,25)(H,22,23,26)/b18-12+. The molecule has 3 rings (SSSR count). The fourth-order valence-electron chi connectivity index (χ4n) is 2.57. The number of carbonyl (C=O) groups is 2. The highest BCUT2D eigenvalue weighted by atomic mass is 32.2. The van der Waals surface area contributed by atoms with Gasteiger partial charge in [0, 0.05) is 0 Å². The zero-order valence-electron chi connectivity index (χ0n) is 16.0. The minimum atomic E-state index is -0.933. The van der Waals surface area contributed by atoms with Crippen molar-refractivity contribution in [2.75, 3.05) is 13.7 Å². The summed E-state index contributed by atoms with van der Waals surface area (Å²) in [6.07, 6.45) is 1.64. The number of amidine groups is 1. The van der Waals surface area contributed by atoms with Crippen molar-refractivity contribution in [3.05, 3.63) is 58.5 Å². The lowest BCUT2D eigenvalue weighted by Crippen LogP contribution is -2.19. The van der Waals surface area contributed by atoms with Crippen LogP contribution in [0.15, 0.2) is 52.4 Å². The number of aliphatic imine (C=N–C) groups is 1. The van der Waals surface area contributed by atoms with Crippen LogP contribution in [0.2, 0.25) is 0 Å². The molecule has 0 spiro atoms. The lowest BCUT2D eigenvalue weighted by atomic mass is 10.2. The van der Waals surface area contributed by atoms with Gasteiger partial charge >= 0.3 is 5.97 Å². The van der Waals surface area contributed by atoms with E-state index in [2.05, 4.69) is 10.3 Å². The van der Waals surface area contributed by atoms with Crippen molar-refractivity contribution in [1.29, 1.82) is 0 Å². The van der Waals surface area contributed by atoms with Gasteiger partial charge in [-0.05, 0) is 54.1 Å². The highest BCUT2D eigenvalue weighted by Crippen LogP contribution is 2.32. The molecule has 8 heteroatoms. The molecule has 0 radical (unpaired) electrons. The molecule has 2 N–H and O–H groups in total. The Morgan fingerprint density at radius 1 is 1.24 bits per heavy atom. The van der Waals surface area contributed by atoms with E-state index in [1.54, 1.807) is 24.3 Å². The number of amides is 1. The second-order valence-electron chi connectivity index (χ2n) is 6.17. The molecular weight excluding hydrogens is 392 g/mol. The number of benzene rings is 2. The zero-order chi connectivity index (χ0) is 20.8. The Morgan fingerprint density at radius 3 is 2.76 bits per heavy atom. The third-order valence-corrected chi connectivity index (χ3v) is 4.96. The first-order chi connectivity index (χ1) is 14.0. The van der Waals surface area contributed by atoms with E-state index in [1.165, 1.54) is 18.9 Å². The fraction of sp³-hybridized carbons (Fsp3) is 0.190. The lowest BCUT2D eigenvalue weighted by Gasteiger charge is -2.10. The van der Waals surface area contributed by atoms with E-state index in [0.29, 0.717) is 21.6 Å². The molecule has 7 nitrogen and oxygen atoms in total. The van der Waals surface area contributed by atoms with Crippen molar-refractivity contribution in [1.82, 2.24) is 5.32 Å². The SMILES string of the molecule is COc1cc(/C=C2/SC(=Nc3ccccc3C)NC2=O)ccc1OCCC(=O)O. The van der Waals surface area contributed by atoms with Gasteiger partial charge in [0.05, 0.1) is 30.7 Å². The van der Waals surface area contributed by atoms with Gasteiger partial charge in [-0.25, -0.2) is 4.99 Å². The first-order valence-electron chi connectivity index (χ1n) is 8.84. The third kappa shape index (κ3) is 5.39. The predicted octanol–water partition coefficient (Wildman–Crippen LogP) is 3.75. The van der Waals surface area contributed by atoms with Gasteiger partial charge in [-0.2, -0.15) is 0 Å². The van der Waals surface area contributed by atoms with E-state index < -0.39 is 5.97 Å². The van der Waals surface area contributed by atoms with Gasteiger partial charge in [0.15, 0.2) is 16.7 Å². The molecule has 29 heavy (non-hydrogen) atoms. The number of para-hydroxylation sites is 1. The number of nitrogens with zero attached hydrogens (tertiary/aromatic N) is 1. The minimum absolute atomic E-state index is 0.0448. The largest absolute Gasteiger partial charge is 0.493 e. The average Bonchev–Trinajstić information content (AvgIpc) is 3.03. The van der Waals surface area contributed by atoms with Crippen LogP contribution in [0, 0.1) is 6.92 Å². The Hall–Kier alpha value is -3.26. The first kappa shape index (κ1) is 20.5. The molecule has 150 valence electrons. The Morgan fingerprint density at radius 2 is 2.03 bits per heavy atom. The maximum Gasteiger partial charge on any atom is 0.306 e. The number of aryl methyl sites for hydroxylation is 1. The number of aliphatic carboxylic acids is 1. The summed E-state index contributed by atoms with van der Waals surface area (Å²) in [4.78, 5) is 27.9. The van der Waals surface area contributed by atoms with Gasteiger partial charge in [-0.3, -0.25) is 9.59 Å². The summed E-state index contributed by atoms with van der Waals surface area (Å²) in [6.45, 7) is 2.01. The van der Waals surface area contributed by atoms with Crippen molar-refractivity contribution < 1.29 is 24.2 Å². The van der Waals surface area contributed by atoms with E-state index in [1.807, 2.05) is 31.2 Å². The maximum atomic E-state index is 12.3. The number of carbonyl (C=O) groups excluding carboxylic acids is 1. The normalized spacial score (nSPS) is 16.1. The number of thioether (sulfide) groups is 1. The monoisotopic (exact) mass is 412 g/mol. The quantitative estimate of drug-likeness (QED) is 0.673. The molecule has 1 aliphatic rings. The number of hydrogen-bond acceptors (Lipinski definition) is 6. The maximum absolute atomic E-state index is 12.3. The molecule has 0 aliphatic carbocycles. The second kappa shape index (κ2) is 9.29. The Kier molecular flexibility index (Phi) is 6.56. The van der Waals surface area contributed by atoms with Gasteiger partial charge in [0.2, 0.25) is 0 Å². The Balaban J connectivity index is 1.76. The molecule has 1 fully saturated rings. The lowest BCUT2D eigenvalue weighted by molar-refractivity contribution is -0.137. The summed E-state index contributed by atoms with van der Waals surface area (Å²) in [5, 5.41) is 12.0. The zero-order valence-corrected chi connectivity index (χ0v) is 16.8. The topological polar surface area (TPSA) is 97.2 Å². The summed E-state index contributed by atoms with van der Waals surface area (Å²) in [6, 6.07) is 12.9. The van der Waals surface area contributed by atoms with E-state index in [0.717, 1.165) is 16.8 Å². The molecule has 1 saturated heterocycles. The van der Waals surface area contributed by atoms with Crippen molar-refractivity contribution in [2.45, 2.75) is 13.3 Å². The van der Waals surface area contributed by atoms with E-state index in [9.17, 15) is 9.59 Å². The van der Waals surface area contributed by atoms with Crippen molar-refractivity contribution >= 4 is 40.6 Å². The third-order valence-electron chi connectivity index (χ3n) is 4.05. The number of ether oxygens (including phenoxy) is 2. The van der Waals surface area contributed by atoms with Crippen LogP contribution in [0.3, 0.4) is 0 Å². The summed E-state index contributed by atoms with van der Waals surface area (Å²) in [5.41, 5.74) is 2.58. The van der Waals surface area contributed by atoms with Crippen LogP contribution in [0.25, 0.3) is 6.08 Å². The van der Waals surface area contributed by atoms with Crippen LogP contribution in [0.4, 0.5) is 5.69 Å². The van der Waals surface area contributed by atoms with Gasteiger partial charge < -0.3 is 19.9 Å². The van der Waals surface area contributed by atoms with Crippen LogP contribution in [-0.4, -0.2) is 35.9 Å². The van der Waals surface area contributed by atoms with E-state index in [4.69, 9.17) is 14.6 Å². The molecule has 0 atom stereocenters. The van der Waals surface area contributed by atoms with Crippen molar-refractivity contribution in [3.8, 4) is 11.5 Å². The molecule has 0 bridgehead atoms. The van der Waals surface area contributed by atoms with Gasteiger partial charge in [0.25, 0.3) is 5.91 Å². The number of rotatable bonds is 7. The molecular formula is C21H20N2O5S. The Bertz CT molecular complexity index is 1000. The van der Waals surface area contributed by atoms with Crippen molar-refractivity contribution in [2.24, 2.45) is 4.99 Å². The predicted molar refractivity (Wildman–Crippen MR) is 113 cm³/mol. The number of hydrogen-bond donors (Lipinski definition) is 2. The number of nitrogens with one attached hydrogen (secondary N) is 1. The van der Waals surface area contributed by atoms with Gasteiger partial charge in [0.1, 0.15) is 0 Å². The van der Waals surface area contributed by atoms with Crippen LogP contribution in [0.1, 0.15) is 17.5 Å². The molecule has 2 aromatic rings. The van der Waals surface area contributed by atoms with Crippen LogP contribution in [-0.2, 0) is 9.59 Å². The summed E-state index contributed by atoms with van der Waals surface area (Å²) in [5.74, 6) is -0.246. The molecule has 2 aromatic carbocycles. The highest BCUT2D eigenvalue weighted by molar-refractivity contribution is 8.18. The fourth-order valence-corrected chi connectivity index (χ4v) is 3.41. The number of carboxylic acids is 1. The average molecular weight is 412 g/mol. The molecule has 1 aliphatic heterocycles. The summed E-state index contributed by atoms with van der Waals surface area (Å²) in [7, 11) is 1.50. The van der Waals surface area contributed by atoms with Gasteiger partial charge in [-0.15, -0.1) is 0 Å². The minimum Gasteiger partial charge on any atom is -0.493 e. The molecule has 1 amide bonds. The molecule has 1 heterocycles. The number of methoxy groups -OCH3 is 1. The smallest absolute Gasteiger partial charge is 0.306 e. The highest BCUT2D eigenvalue weighted by Gasteiger charge is 2.24. The molecule has 0 unspecified atom stereocenters. The molecule has 0 aromatic heterocycles. The summed E-state index contributed by atoms with van der Waals surface area (Å²) < 4.78 is 10.8. The first-order valence-corrected chi connectivity index (χ1v) is 9.66. The van der Waals surface area contributed by atoms with Crippen LogP contribution < -0.4 is 14.8 Å². The summed E-state index contributed by atoms with van der Waals surface area (Å²) >= 11 is 1.27. The second-order valence-corrected chi connectivity index (χ2v) is 7.20. The molecule has 0 saturated carbocycles. The van der Waals surface area contributed by atoms with E-state index in [-0.39, 0.29) is 18.9 Å². The van der Waals surface area contributed by atoms with Gasteiger partial charge in [-0.1, -0.05) is 24.3 Å². The van der Waals surface area contributed by atoms with Crippen LogP contribution >= 0.6 is 11.8 Å².